The molecule has 36 heavy (non-hydrogen) atoms. The largest absolute Gasteiger partial charge is 0.377 e. The third-order valence-corrected chi connectivity index (χ3v) is 7.09. The molecule has 4 heterocycles. The molecule has 3 aliphatic heterocycles. The van der Waals surface area contributed by atoms with Gasteiger partial charge in [0.2, 0.25) is 5.91 Å². The van der Waals surface area contributed by atoms with E-state index < -0.39 is 0 Å². The molecule has 2 atom stereocenters. The van der Waals surface area contributed by atoms with E-state index in [4.69, 9.17) is 14.7 Å². The van der Waals surface area contributed by atoms with Gasteiger partial charge in [-0.05, 0) is 63.9 Å². The number of carbonyl (C=O) groups excluding carboxylic acids is 2. The number of rotatable bonds is 5. The number of urea groups is 1. The van der Waals surface area contributed by atoms with Gasteiger partial charge in [0.05, 0.1) is 37.5 Å². The molecule has 2 saturated heterocycles. The molecule has 10 nitrogen and oxygen atoms in total. The Morgan fingerprint density at radius 2 is 2.03 bits per heavy atom. The zero-order chi connectivity index (χ0) is 25.1. The zero-order valence-corrected chi connectivity index (χ0v) is 21.0. The molecule has 1 aromatic carbocycles. The molecule has 0 saturated carbocycles. The quantitative estimate of drug-likeness (QED) is 0.585. The average molecular weight is 494 g/mol. The number of ether oxygens (including phenoxy) is 1. The SMILES string of the molecule is CCNC(=O)Nc1ccc(-c2nc3c(c(N4CCOCC4C)n2)CCN(C(=O)C2CCCN2)C3)cc1. The minimum Gasteiger partial charge on any atom is -0.377 e. The van der Waals surface area contributed by atoms with Crippen molar-refractivity contribution in [2.75, 3.05) is 49.6 Å². The Balaban J connectivity index is 1.46. The van der Waals surface area contributed by atoms with E-state index in [-0.39, 0.29) is 24.0 Å². The smallest absolute Gasteiger partial charge is 0.319 e. The number of aromatic nitrogens is 2. The second-order valence-electron chi connectivity index (χ2n) is 9.63. The van der Waals surface area contributed by atoms with Crippen LogP contribution in [0.25, 0.3) is 11.4 Å². The molecule has 10 heteroatoms. The summed E-state index contributed by atoms with van der Waals surface area (Å²) >= 11 is 0. The van der Waals surface area contributed by atoms with Gasteiger partial charge in [0.25, 0.3) is 0 Å². The molecule has 0 aliphatic carbocycles. The van der Waals surface area contributed by atoms with Crippen molar-refractivity contribution >= 4 is 23.4 Å². The molecule has 2 fully saturated rings. The maximum Gasteiger partial charge on any atom is 0.319 e. The average Bonchev–Trinajstić information content (AvgIpc) is 3.43. The van der Waals surface area contributed by atoms with Gasteiger partial charge in [0, 0.05) is 36.4 Å². The lowest BCUT2D eigenvalue weighted by Gasteiger charge is -2.38. The summed E-state index contributed by atoms with van der Waals surface area (Å²) in [4.78, 5) is 39.2. The fourth-order valence-electron chi connectivity index (χ4n) is 5.16. The van der Waals surface area contributed by atoms with Crippen LogP contribution in [0.1, 0.15) is 37.9 Å². The number of fused-ring (bicyclic) bond motifs is 1. The minimum atomic E-state index is -0.236. The first kappa shape index (κ1) is 24.5. The molecule has 0 spiro atoms. The van der Waals surface area contributed by atoms with E-state index in [1.807, 2.05) is 36.1 Å². The molecular formula is C26H35N7O3. The van der Waals surface area contributed by atoms with Crippen LogP contribution in [0.15, 0.2) is 24.3 Å². The van der Waals surface area contributed by atoms with Crippen LogP contribution in [0, 0.1) is 0 Å². The van der Waals surface area contributed by atoms with Gasteiger partial charge in [0.1, 0.15) is 5.82 Å². The van der Waals surface area contributed by atoms with Crippen molar-refractivity contribution in [3.63, 3.8) is 0 Å². The fraction of sp³-hybridized carbons (Fsp3) is 0.538. The summed E-state index contributed by atoms with van der Waals surface area (Å²) < 4.78 is 5.68. The van der Waals surface area contributed by atoms with Crippen molar-refractivity contribution < 1.29 is 14.3 Å². The van der Waals surface area contributed by atoms with Gasteiger partial charge in [-0.15, -0.1) is 0 Å². The van der Waals surface area contributed by atoms with Gasteiger partial charge in [0.15, 0.2) is 5.82 Å². The minimum absolute atomic E-state index is 0.0865. The molecule has 3 N–H and O–H groups in total. The molecule has 3 amide bonds. The van der Waals surface area contributed by atoms with E-state index in [1.54, 1.807) is 0 Å². The first-order valence-corrected chi connectivity index (χ1v) is 12.9. The highest BCUT2D eigenvalue weighted by Crippen LogP contribution is 2.32. The number of nitrogens with one attached hydrogen (secondary N) is 3. The Labute approximate surface area is 211 Å². The monoisotopic (exact) mass is 493 g/mol. The normalized spacial score (nSPS) is 21.7. The number of benzene rings is 1. The van der Waals surface area contributed by atoms with Crippen molar-refractivity contribution in [1.82, 2.24) is 25.5 Å². The van der Waals surface area contributed by atoms with Gasteiger partial charge in [-0.25, -0.2) is 14.8 Å². The second-order valence-corrected chi connectivity index (χ2v) is 9.63. The summed E-state index contributed by atoms with van der Waals surface area (Å²) in [5.74, 6) is 1.74. The summed E-state index contributed by atoms with van der Waals surface area (Å²) in [6, 6.07) is 7.43. The lowest BCUT2D eigenvalue weighted by atomic mass is 10.0. The standard InChI is InChI=1S/C26H35N7O3/c1-3-27-26(35)29-19-8-6-18(7-9-19)23-30-22-15-32(25(34)21-5-4-11-28-21)12-10-20(22)24(31-23)33-13-14-36-16-17(33)2/h6-9,17,21,28H,3-5,10-16H2,1-2H3,(H2,27,29,35). The maximum absolute atomic E-state index is 13.1. The van der Waals surface area contributed by atoms with Crippen LogP contribution in [0.2, 0.25) is 0 Å². The first-order chi connectivity index (χ1) is 17.5. The highest BCUT2D eigenvalue weighted by molar-refractivity contribution is 5.89. The van der Waals surface area contributed by atoms with Crippen molar-refractivity contribution in [1.29, 1.82) is 0 Å². The van der Waals surface area contributed by atoms with Gasteiger partial charge in [-0.3, -0.25) is 4.79 Å². The summed E-state index contributed by atoms with van der Waals surface area (Å²) in [5.41, 5.74) is 3.61. The molecule has 2 unspecified atom stereocenters. The lowest BCUT2D eigenvalue weighted by molar-refractivity contribution is -0.134. The van der Waals surface area contributed by atoms with Crippen LogP contribution in [-0.4, -0.2) is 78.3 Å². The third kappa shape index (κ3) is 5.15. The van der Waals surface area contributed by atoms with Crippen molar-refractivity contribution in [2.45, 2.75) is 51.7 Å². The van der Waals surface area contributed by atoms with Gasteiger partial charge >= 0.3 is 6.03 Å². The second kappa shape index (κ2) is 10.8. The highest BCUT2D eigenvalue weighted by Gasteiger charge is 2.33. The molecule has 5 rings (SSSR count). The zero-order valence-electron chi connectivity index (χ0n) is 21.0. The van der Waals surface area contributed by atoms with E-state index in [0.29, 0.717) is 44.4 Å². The summed E-state index contributed by atoms with van der Waals surface area (Å²) in [6.07, 6.45) is 2.67. The van der Waals surface area contributed by atoms with Crippen LogP contribution in [0.4, 0.5) is 16.3 Å². The van der Waals surface area contributed by atoms with E-state index >= 15 is 0 Å². The van der Waals surface area contributed by atoms with E-state index in [2.05, 4.69) is 27.8 Å². The number of anilines is 2. The first-order valence-electron chi connectivity index (χ1n) is 12.9. The van der Waals surface area contributed by atoms with Crippen LogP contribution < -0.4 is 20.9 Å². The molecule has 3 aliphatic rings. The summed E-state index contributed by atoms with van der Waals surface area (Å²) in [5, 5.41) is 8.88. The van der Waals surface area contributed by atoms with Crippen LogP contribution in [0.3, 0.4) is 0 Å². The van der Waals surface area contributed by atoms with Crippen LogP contribution >= 0.6 is 0 Å². The predicted octanol–water partition coefficient (Wildman–Crippen LogP) is 2.15. The van der Waals surface area contributed by atoms with Crippen LogP contribution in [-0.2, 0) is 22.5 Å². The van der Waals surface area contributed by atoms with Crippen molar-refractivity contribution in [2.24, 2.45) is 0 Å². The number of hydrogen-bond acceptors (Lipinski definition) is 7. The highest BCUT2D eigenvalue weighted by atomic mass is 16.5. The summed E-state index contributed by atoms with van der Waals surface area (Å²) in [7, 11) is 0. The number of hydrogen-bond donors (Lipinski definition) is 3. The molecular weight excluding hydrogens is 458 g/mol. The molecule has 192 valence electrons. The number of morpholine rings is 1. The molecule has 1 aromatic heterocycles. The predicted molar refractivity (Wildman–Crippen MR) is 138 cm³/mol. The fourth-order valence-corrected chi connectivity index (χ4v) is 5.16. The molecule has 0 bridgehead atoms. The molecule has 0 radical (unpaired) electrons. The van der Waals surface area contributed by atoms with Crippen molar-refractivity contribution in [3.8, 4) is 11.4 Å². The van der Waals surface area contributed by atoms with Gasteiger partial charge in [-0.1, -0.05) is 0 Å². The Morgan fingerprint density at radius 1 is 1.19 bits per heavy atom. The summed E-state index contributed by atoms with van der Waals surface area (Å²) in [6.45, 7) is 8.75. The lowest BCUT2D eigenvalue weighted by Crippen LogP contribution is -2.47. The number of carbonyl (C=O) groups is 2. The van der Waals surface area contributed by atoms with E-state index in [0.717, 1.165) is 55.0 Å². The Hall–Kier alpha value is -3.24. The molecule has 2 aromatic rings. The van der Waals surface area contributed by atoms with Crippen molar-refractivity contribution in [3.05, 3.63) is 35.5 Å². The third-order valence-electron chi connectivity index (χ3n) is 7.09. The number of nitrogens with zero attached hydrogens (tertiary/aromatic N) is 4. The Bertz CT molecular complexity index is 1100. The van der Waals surface area contributed by atoms with E-state index in [1.165, 1.54) is 0 Å². The topological polar surface area (TPSA) is 112 Å². The van der Waals surface area contributed by atoms with E-state index in [9.17, 15) is 9.59 Å². The number of amides is 3. The Kier molecular flexibility index (Phi) is 7.33. The van der Waals surface area contributed by atoms with Crippen LogP contribution in [0.5, 0.6) is 0 Å². The van der Waals surface area contributed by atoms with Gasteiger partial charge < -0.3 is 30.5 Å². The maximum atomic E-state index is 13.1. The Morgan fingerprint density at radius 3 is 2.75 bits per heavy atom. The van der Waals surface area contributed by atoms with Gasteiger partial charge in [-0.2, -0.15) is 0 Å².